The predicted octanol–water partition coefficient (Wildman–Crippen LogP) is 0.122. The Hall–Kier alpha value is -0.170. The van der Waals surface area contributed by atoms with Crippen LogP contribution in [-0.4, -0.2) is 71.3 Å². The fraction of sp³-hybridized carbons (Fsp3) is 1.00. The van der Waals surface area contributed by atoms with Crippen LogP contribution >= 0.6 is 0 Å². The average molecular weight is 278 g/mol. The van der Waals surface area contributed by atoms with E-state index < -0.39 is 9.84 Å². The third-order valence-electron chi connectivity index (χ3n) is 3.01. The van der Waals surface area contributed by atoms with Crippen molar-refractivity contribution in [3.63, 3.8) is 0 Å². The van der Waals surface area contributed by atoms with Crippen LogP contribution in [0.4, 0.5) is 0 Å². The quantitative estimate of drug-likeness (QED) is 0.607. The fourth-order valence-corrected chi connectivity index (χ4v) is 3.47. The molecule has 1 unspecified atom stereocenters. The van der Waals surface area contributed by atoms with Crippen molar-refractivity contribution in [3.05, 3.63) is 0 Å². The van der Waals surface area contributed by atoms with Gasteiger partial charge < -0.3 is 15.0 Å². The van der Waals surface area contributed by atoms with Crippen LogP contribution in [0, 0.1) is 0 Å². The molecule has 0 bridgehead atoms. The molecular weight excluding hydrogens is 252 g/mol. The second-order valence-electron chi connectivity index (χ2n) is 5.16. The molecule has 108 valence electrons. The molecule has 0 aromatic carbocycles. The van der Waals surface area contributed by atoms with Crippen molar-refractivity contribution in [1.29, 1.82) is 0 Å². The van der Waals surface area contributed by atoms with Crippen molar-refractivity contribution < 1.29 is 13.2 Å². The van der Waals surface area contributed by atoms with E-state index in [0.29, 0.717) is 13.2 Å². The third-order valence-corrected chi connectivity index (χ3v) is 4.72. The van der Waals surface area contributed by atoms with Crippen LogP contribution in [0.2, 0.25) is 0 Å². The highest BCUT2D eigenvalue weighted by Crippen LogP contribution is 2.13. The molecular formula is C12H26N2O3S. The molecule has 18 heavy (non-hydrogen) atoms. The van der Waals surface area contributed by atoms with Crippen LogP contribution in [0.1, 0.15) is 19.3 Å². The monoisotopic (exact) mass is 278 g/mol. The van der Waals surface area contributed by atoms with Crippen molar-refractivity contribution in [2.75, 3.05) is 51.8 Å². The minimum absolute atomic E-state index is 0.0660. The molecule has 0 aromatic heterocycles. The normalized spacial score (nSPS) is 20.7. The number of sulfone groups is 1. The summed E-state index contributed by atoms with van der Waals surface area (Å²) in [5.41, 5.74) is 0. The Labute approximate surface area is 111 Å². The molecule has 0 spiro atoms. The largest absolute Gasteiger partial charge is 0.377 e. The highest BCUT2D eigenvalue weighted by atomic mass is 32.2. The molecule has 1 atom stereocenters. The van der Waals surface area contributed by atoms with Crippen molar-refractivity contribution in [3.8, 4) is 0 Å². The summed E-state index contributed by atoms with van der Waals surface area (Å²) >= 11 is 0. The maximum atomic E-state index is 11.8. The van der Waals surface area contributed by atoms with E-state index in [-0.39, 0.29) is 17.6 Å². The number of hydrogen-bond donors (Lipinski definition) is 1. The summed E-state index contributed by atoms with van der Waals surface area (Å²) < 4.78 is 29.0. The first kappa shape index (κ1) is 15.9. The van der Waals surface area contributed by atoms with Crippen molar-refractivity contribution >= 4 is 9.84 Å². The van der Waals surface area contributed by atoms with Crippen molar-refractivity contribution in [1.82, 2.24) is 10.2 Å². The molecule has 1 aliphatic heterocycles. The van der Waals surface area contributed by atoms with Gasteiger partial charge in [0.25, 0.3) is 0 Å². The van der Waals surface area contributed by atoms with E-state index in [1.54, 1.807) is 0 Å². The van der Waals surface area contributed by atoms with Gasteiger partial charge in [-0.25, -0.2) is 8.42 Å². The Morgan fingerprint density at radius 1 is 1.33 bits per heavy atom. The number of rotatable bonds is 9. The molecule has 0 aliphatic carbocycles. The summed E-state index contributed by atoms with van der Waals surface area (Å²) in [6.45, 7) is 3.15. The lowest BCUT2D eigenvalue weighted by Crippen LogP contribution is -2.30. The zero-order valence-corrected chi connectivity index (χ0v) is 12.3. The van der Waals surface area contributed by atoms with Gasteiger partial charge in [-0.15, -0.1) is 0 Å². The summed E-state index contributed by atoms with van der Waals surface area (Å²) in [6, 6.07) is 0. The predicted molar refractivity (Wildman–Crippen MR) is 73.7 cm³/mol. The van der Waals surface area contributed by atoms with Gasteiger partial charge in [-0.1, -0.05) is 0 Å². The van der Waals surface area contributed by atoms with E-state index in [1.807, 2.05) is 14.1 Å². The fourth-order valence-electron chi connectivity index (χ4n) is 2.02. The van der Waals surface area contributed by atoms with Gasteiger partial charge >= 0.3 is 0 Å². The third kappa shape index (κ3) is 7.31. The Morgan fingerprint density at radius 3 is 2.72 bits per heavy atom. The van der Waals surface area contributed by atoms with E-state index in [1.165, 1.54) is 0 Å². The van der Waals surface area contributed by atoms with Gasteiger partial charge in [0.15, 0.2) is 9.84 Å². The molecule has 0 aromatic rings. The topological polar surface area (TPSA) is 58.6 Å². The van der Waals surface area contributed by atoms with Crippen molar-refractivity contribution in [2.45, 2.75) is 25.4 Å². The first-order valence-corrected chi connectivity index (χ1v) is 8.49. The molecule has 0 saturated carbocycles. The van der Waals surface area contributed by atoms with Gasteiger partial charge in [-0.3, -0.25) is 0 Å². The second kappa shape index (κ2) is 8.09. The van der Waals surface area contributed by atoms with Crippen LogP contribution in [0.25, 0.3) is 0 Å². The van der Waals surface area contributed by atoms with E-state index in [4.69, 9.17) is 4.74 Å². The maximum absolute atomic E-state index is 11.8. The van der Waals surface area contributed by atoms with E-state index in [0.717, 1.165) is 32.4 Å². The van der Waals surface area contributed by atoms with Gasteiger partial charge in [0, 0.05) is 13.2 Å². The molecule has 1 heterocycles. The molecule has 1 aliphatic rings. The second-order valence-corrected chi connectivity index (χ2v) is 7.38. The van der Waals surface area contributed by atoms with Crippen LogP contribution in [0.5, 0.6) is 0 Å². The lowest BCUT2D eigenvalue weighted by atomic mass is 10.3. The first-order valence-electron chi connectivity index (χ1n) is 6.67. The van der Waals surface area contributed by atoms with E-state index in [9.17, 15) is 8.42 Å². The summed E-state index contributed by atoms with van der Waals surface area (Å²) in [5.74, 6) is 0.404. The molecule has 5 nitrogen and oxygen atoms in total. The molecule has 1 fully saturated rings. The Kier molecular flexibility index (Phi) is 7.14. The Bertz CT molecular complexity index is 311. The smallest absolute Gasteiger partial charge is 0.154 e. The van der Waals surface area contributed by atoms with Gasteiger partial charge in [0.2, 0.25) is 0 Å². The Balaban J connectivity index is 2.06. The summed E-state index contributed by atoms with van der Waals surface area (Å²) in [4.78, 5) is 2.12. The van der Waals surface area contributed by atoms with Crippen molar-refractivity contribution in [2.24, 2.45) is 0 Å². The van der Waals surface area contributed by atoms with Crippen LogP contribution < -0.4 is 5.32 Å². The highest BCUT2D eigenvalue weighted by molar-refractivity contribution is 7.91. The molecule has 1 N–H and O–H groups in total. The standard InChI is InChI=1S/C12H26N2O3S/c1-14(2)8-4-6-13-7-10-18(15,16)11-12-5-3-9-17-12/h12-13H,3-11H2,1-2H3. The maximum Gasteiger partial charge on any atom is 0.154 e. The zero-order valence-electron chi connectivity index (χ0n) is 11.5. The average Bonchev–Trinajstić information content (AvgIpc) is 2.74. The molecule has 0 radical (unpaired) electrons. The van der Waals surface area contributed by atoms with E-state index in [2.05, 4.69) is 10.2 Å². The molecule has 1 saturated heterocycles. The SMILES string of the molecule is CN(C)CCCNCCS(=O)(=O)CC1CCCO1. The zero-order chi connectivity index (χ0) is 13.4. The van der Waals surface area contributed by atoms with Crippen LogP contribution in [0.15, 0.2) is 0 Å². The number of nitrogens with zero attached hydrogens (tertiary/aromatic N) is 1. The minimum atomic E-state index is -2.97. The number of hydrogen-bond acceptors (Lipinski definition) is 5. The summed E-state index contributed by atoms with van der Waals surface area (Å²) in [5, 5.41) is 3.18. The minimum Gasteiger partial charge on any atom is -0.377 e. The van der Waals surface area contributed by atoms with Crippen LogP contribution in [-0.2, 0) is 14.6 Å². The van der Waals surface area contributed by atoms with Gasteiger partial charge in [-0.05, 0) is 46.4 Å². The molecule has 0 amide bonds. The number of nitrogens with one attached hydrogen (secondary N) is 1. The van der Waals surface area contributed by atoms with Crippen LogP contribution in [0.3, 0.4) is 0 Å². The molecule has 1 rings (SSSR count). The summed E-state index contributed by atoms with van der Waals surface area (Å²) in [7, 11) is 1.10. The Morgan fingerprint density at radius 2 is 2.11 bits per heavy atom. The highest BCUT2D eigenvalue weighted by Gasteiger charge is 2.22. The van der Waals surface area contributed by atoms with Gasteiger partial charge in [-0.2, -0.15) is 0 Å². The lowest BCUT2D eigenvalue weighted by Gasteiger charge is -2.11. The lowest BCUT2D eigenvalue weighted by molar-refractivity contribution is 0.127. The first-order chi connectivity index (χ1) is 8.49. The molecule has 6 heteroatoms. The van der Waals surface area contributed by atoms with Gasteiger partial charge in [0.1, 0.15) is 0 Å². The number of ether oxygens (including phenoxy) is 1. The summed E-state index contributed by atoms with van der Waals surface area (Å²) in [6.07, 6.45) is 2.85. The van der Waals surface area contributed by atoms with E-state index >= 15 is 0 Å². The van der Waals surface area contributed by atoms with Gasteiger partial charge in [0.05, 0.1) is 17.6 Å².